The maximum Gasteiger partial charge on any atom is 0.266 e. The Balaban J connectivity index is 1.57. The number of thioether (sulfide) groups is 1. The molecule has 0 aliphatic carbocycles. The molecule has 7 heteroatoms. The Morgan fingerprint density at radius 1 is 1.06 bits per heavy atom. The van der Waals surface area contributed by atoms with Crippen LogP contribution in [0.5, 0.6) is 17.2 Å². The van der Waals surface area contributed by atoms with E-state index in [1.807, 2.05) is 31.2 Å². The van der Waals surface area contributed by atoms with Crippen LogP contribution in [0.25, 0.3) is 6.08 Å². The van der Waals surface area contributed by atoms with E-state index in [9.17, 15) is 4.79 Å². The summed E-state index contributed by atoms with van der Waals surface area (Å²) in [5, 5.41) is 0. The Morgan fingerprint density at radius 2 is 1.79 bits per heavy atom. The van der Waals surface area contributed by atoms with Crippen molar-refractivity contribution >= 4 is 40.3 Å². The van der Waals surface area contributed by atoms with Gasteiger partial charge in [0, 0.05) is 13.0 Å². The number of benzene rings is 2. The number of hydrogen-bond donors (Lipinski definition) is 0. The number of thiocarbonyl (C=S) groups is 1. The van der Waals surface area contributed by atoms with Gasteiger partial charge in [-0.1, -0.05) is 56.0 Å². The highest BCUT2D eigenvalue weighted by Gasteiger charge is 2.30. The molecule has 0 radical (unpaired) electrons. The van der Waals surface area contributed by atoms with E-state index in [2.05, 4.69) is 39.0 Å². The van der Waals surface area contributed by atoms with Gasteiger partial charge in [-0.15, -0.1) is 0 Å². The molecular formula is C26H31NO4S2. The van der Waals surface area contributed by atoms with Gasteiger partial charge in [-0.05, 0) is 60.7 Å². The number of ether oxygens (including phenoxy) is 3. The molecule has 3 rings (SSSR count). The van der Waals surface area contributed by atoms with Crippen molar-refractivity contribution in [3.8, 4) is 17.2 Å². The third-order valence-corrected chi connectivity index (χ3v) is 6.65. The van der Waals surface area contributed by atoms with E-state index < -0.39 is 0 Å². The van der Waals surface area contributed by atoms with Crippen molar-refractivity contribution in [2.24, 2.45) is 0 Å². The highest BCUT2D eigenvalue weighted by atomic mass is 32.2. The zero-order valence-corrected chi connectivity index (χ0v) is 21.5. The first kappa shape index (κ1) is 25.1. The summed E-state index contributed by atoms with van der Waals surface area (Å²) in [7, 11) is 1.61. The molecule has 1 aliphatic heterocycles. The number of hydrogen-bond acceptors (Lipinski definition) is 6. The number of likely N-dealkylation sites (N-methyl/N-ethyl adjacent to an activating group) is 1. The average molecular weight is 486 g/mol. The second-order valence-electron chi connectivity index (χ2n) is 8.08. The lowest BCUT2D eigenvalue weighted by atomic mass is 10.0. The van der Waals surface area contributed by atoms with Gasteiger partial charge in [0.1, 0.15) is 10.1 Å². The fourth-order valence-corrected chi connectivity index (χ4v) is 4.87. The minimum Gasteiger partial charge on any atom is -0.493 e. The maximum absolute atomic E-state index is 12.4. The molecule has 5 nitrogen and oxygen atoms in total. The normalized spacial score (nSPS) is 15.0. The molecule has 33 heavy (non-hydrogen) atoms. The van der Waals surface area contributed by atoms with Crippen LogP contribution in [0, 0.1) is 6.92 Å². The Kier molecular flexibility index (Phi) is 8.80. The molecule has 0 bridgehead atoms. The largest absolute Gasteiger partial charge is 0.493 e. The zero-order chi connectivity index (χ0) is 24.0. The summed E-state index contributed by atoms with van der Waals surface area (Å²) in [6, 6.07) is 12.0. The molecule has 0 atom stereocenters. The molecule has 0 saturated carbocycles. The number of carbonyl (C=O) groups excluding carboxylic acids is 1. The molecule has 2 aromatic rings. The van der Waals surface area contributed by atoms with Crippen LogP contribution in [-0.2, 0) is 4.79 Å². The van der Waals surface area contributed by atoms with Crippen molar-refractivity contribution < 1.29 is 19.0 Å². The second-order valence-corrected chi connectivity index (χ2v) is 9.76. The molecule has 0 spiro atoms. The SMILES string of the molecule is CCN1C(=O)/C(=C/c2ccc(OCCCOc3cc(C)ccc3C(C)C)c(OC)c2)SC1=S. The number of amides is 1. The first-order chi connectivity index (χ1) is 15.8. The van der Waals surface area contributed by atoms with Crippen molar-refractivity contribution in [2.75, 3.05) is 26.9 Å². The van der Waals surface area contributed by atoms with Crippen molar-refractivity contribution in [2.45, 2.75) is 40.0 Å². The minimum absolute atomic E-state index is 0.0546. The highest BCUT2D eigenvalue weighted by Crippen LogP contribution is 2.34. The van der Waals surface area contributed by atoms with Crippen molar-refractivity contribution in [1.82, 2.24) is 4.90 Å². The van der Waals surface area contributed by atoms with Crippen molar-refractivity contribution in [3.63, 3.8) is 0 Å². The van der Waals surface area contributed by atoms with Gasteiger partial charge in [-0.2, -0.15) is 0 Å². The van der Waals surface area contributed by atoms with E-state index >= 15 is 0 Å². The fraction of sp³-hybridized carbons (Fsp3) is 0.385. The summed E-state index contributed by atoms with van der Waals surface area (Å²) < 4.78 is 18.1. The summed E-state index contributed by atoms with van der Waals surface area (Å²) in [5.74, 6) is 2.58. The summed E-state index contributed by atoms with van der Waals surface area (Å²) in [5.41, 5.74) is 3.27. The van der Waals surface area contributed by atoms with Gasteiger partial charge in [-0.3, -0.25) is 9.69 Å². The van der Waals surface area contributed by atoms with Crippen LogP contribution in [0.2, 0.25) is 0 Å². The van der Waals surface area contributed by atoms with Crippen LogP contribution < -0.4 is 14.2 Å². The number of aryl methyl sites for hydroxylation is 1. The van der Waals surface area contributed by atoms with Crippen LogP contribution in [-0.4, -0.2) is 42.0 Å². The van der Waals surface area contributed by atoms with Crippen molar-refractivity contribution in [1.29, 1.82) is 0 Å². The van der Waals surface area contributed by atoms with E-state index in [0.29, 0.717) is 46.4 Å². The van der Waals surface area contributed by atoms with E-state index in [4.69, 9.17) is 26.4 Å². The molecule has 1 amide bonds. The van der Waals surface area contributed by atoms with Crippen molar-refractivity contribution in [3.05, 3.63) is 58.0 Å². The van der Waals surface area contributed by atoms with Gasteiger partial charge in [0.2, 0.25) is 0 Å². The molecule has 176 valence electrons. The average Bonchev–Trinajstić information content (AvgIpc) is 3.05. The molecule has 0 N–H and O–H groups in total. The number of nitrogens with zero attached hydrogens (tertiary/aromatic N) is 1. The van der Waals surface area contributed by atoms with Gasteiger partial charge in [0.05, 0.1) is 25.2 Å². The first-order valence-corrected chi connectivity index (χ1v) is 12.4. The molecule has 1 heterocycles. The molecule has 1 fully saturated rings. The molecule has 0 unspecified atom stereocenters. The van der Waals surface area contributed by atoms with Gasteiger partial charge in [0.25, 0.3) is 5.91 Å². The van der Waals surface area contributed by atoms with Gasteiger partial charge < -0.3 is 14.2 Å². The van der Waals surface area contributed by atoms with Crippen LogP contribution in [0.4, 0.5) is 0 Å². The second kappa shape index (κ2) is 11.6. The third-order valence-electron chi connectivity index (χ3n) is 5.27. The lowest BCUT2D eigenvalue weighted by Gasteiger charge is -2.15. The van der Waals surface area contributed by atoms with E-state index in [1.165, 1.54) is 22.9 Å². The third kappa shape index (κ3) is 6.30. The minimum atomic E-state index is -0.0546. The predicted molar refractivity (Wildman–Crippen MR) is 139 cm³/mol. The molecule has 2 aromatic carbocycles. The Labute approximate surface area is 206 Å². The Hall–Kier alpha value is -2.51. The lowest BCUT2D eigenvalue weighted by molar-refractivity contribution is -0.121. The fourth-order valence-electron chi connectivity index (χ4n) is 3.48. The first-order valence-electron chi connectivity index (χ1n) is 11.1. The molecular weight excluding hydrogens is 454 g/mol. The maximum atomic E-state index is 12.4. The van der Waals surface area contributed by atoms with Crippen LogP contribution >= 0.6 is 24.0 Å². The van der Waals surface area contributed by atoms with E-state index in [-0.39, 0.29) is 5.91 Å². The summed E-state index contributed by atoms with van der Waals surface area (Å²) in [4.78, 5) is 14.7. The smallest absolute Gasteiger partial charge is 0.266 e. The van der Waals surface area contributed by atoms with E-state index in [1.54, 1.807) is 12.0 Å². The van der Waals surface area contributed by atoms with Gasteiger partial charge >= 0.3 is 0 Å². The standard InChI is InChI=1S/C26H31NO4S2/c1-6-27-25(28)24(33-26(27)32)16-19-9-11-21(23(15-19)29-5)30-12-7-13-31-22-14-18(4)8-10-20(22)17(2)3/h8-11,14-17H,6-7,12-13H2,1-5H3/b24-16-. The quantitative estimate of drug-likeness (QED) is 0.227. The highest BCUT2D eigenvalue weighted by molar-refractivity contribution is 8.26. The van der Waals surface area contributed by atoms with Gasteiger partial charge in [0.15, 0.2) is 11.5 Å². The molecule has 0 aromatic heterocycles. The summed E-state index contributed by atoms with van der Waals surface area (Å²) in [6.45, 7) is 9.98. The molecule has 1 aliphatic rings. The van der Waals surface area contributed by atoms with Crippen LogP contribution in [0.3, 0.4) is 0 Å². The molecule has 1 saturated heterocycles. The predicted octanol–water partition coefficient (Wildman–Crippen LogP) is 6.20. The zero-order valence-electron chi connectivity index (χ0n) is 19.8. The lowest BCUT2D eigenvalue weighted by Crippen LogP contribution is -2.27. The summed E-state index contributed by atoms with van der Waals surface area (Å²) in [6.07, 6.45) is 2.58. The van der Waals surface area contributed by atoms with E-state index in [0.717, 1.165) is 17.7 Å². The van der Waals surface area contributed by atoms with Crippen LogP contribution in [0.1, 0.15) is 49.8 Å². The van der Waals surface area contributed by atoms with Gasteiger partial charge in [-0.25, -0.2) is 0 Å². The topological polar surface area (TPSA) is 48.0 Å². The number of rotatable bonds is 10. The number of methoxy groups -OCH3 is 1. The summed E-state index contributed by atoms with van der Waals surface area (Å²) >= 11 is 6.60. The number of carbonyl (C=O) groups is 1. The Morgan fingerprint density at radius 3 is 2.42 bits per heavy atom. The Bertz CT molecular complexity index is 1050. The van der Waals surface area contributed by atoms with Crippen LogP contribution in [0.15, 0.2) is 41.3 Å². The monoisotopic (exact) mass is 485 g/mol.